The van der Waals surface area contributed by atoms with Gasteiger partial charge in [0.2, 0.25) is 0 Å². The highest BCUT2D eigenvalue weighted by molar-refractivity contribution is 9.10. The number of nitrogens with zero attached hydrogens (tertiary/aromatic N) is 2. The number of carbonyl (C=O) groups excluding carboxylic acids is 1. The third kappa shape index (κ3) is 5.58. The first kappa shape index (κ1) is 23.8. The molecule has 0 radical (unpaired) electrons. The SMILES string of the molecule is Cc1ccc(COc2ccc(Br)cc2/C=C2\SC(=Nc3cccc(C(=O)O)c3)N(C)C2=O)cc1. The number of aryl methyl sites for hydroxylation is 1. The second-order valence-corrected chi connectivity index (χ2v) is 9.61. The molecule has 1 heterocycles. The van der Waals surface area contributed by atoms with E-state index in [4.69, 9.17) is 4.74 Å². The second-order valence-electron chi connectivity index (χ2n) is 7.68. The number of rotatable bonds is 6. The lowest BCUT2D eigenvalue weighted by Gasteiger charge is -2.11. The first-order valence-corrected chi connectivity index (χ1v) is 12.0. The van der Waals surface area contributed by atoms with Crippen molar-refractivity contribution in [1.29, 1.82) is 0 Å². The lowest BCUT2D eigenvalue weighted by atomic mass is 10.1. The summed E-state index contributed by atoms with van der Waals surface area (Å²) < 4.78 is 6.93. The number of halogens is 1. The zero-order valence-electron chi connectivity index (χ0n) is 18.5. The van der Waals surface area contributed by atoms with Crippen LogP contribution in [0.1, 0.15) is 27.0 Å². The number of carbonyl (C=O) groups is 2. The lowest BCUT2D eigenvalue weighted by Crippen LogP contribution is -2.23. The van der Waals surface area contributed by atoms with E-state index in [9.17, 15) is 14.7 Å². The Morgan fingerprint density at radius 3 is 2.65 bits per heavy atom. The Balaban J connectivity index is 1.59. The minimum Gasteiger partial charge on any atom is -0.488 e. The molecule has 8 heteroatoms. The molecule has 3 aromatic rings. The highest BCUT2D eigenvalue weighted by Crippen LogP contribution is 2.35. The van der Waals surface area contributed by atoms with Gasteiger partial charge in [0.25, 0.3) is 5.91 Å². The van der Waals surface area contributed by atoms with Crippen LogP contribution < -0.4 is 4.74 Å². The van der Waals surface area contributed by atoms with Crippen LogP contribution in [-0.2, 0) is 11.4 Å². The molecule has 1 aliphatic rings. The molecule has 172 valence electrons. The number of ether oxygens (including phenoxy) is 1. The van der Waals surface area contributed by atoms with Gasteiger partial charge in [-0.1, -0.05) is 51.8 Å². The van der Waals surface area contributed by atoms with Crippen LogP contribution in [0, 0.1) is 6.92 Å². The fourth-order valence-corrected chi connectivity index (χ4v) is 4.58. The maximum Gasteiger partial charge on any atom is 0.335 e. The van der Waals surface area contributed by atoms with E-state index in [1.807, 2.05) is 49.4 Å². The third-order valence-electron chi connectivity index (χ3n) is 5.09. The molecule has 1 fully saturated rings. The van der Waals surface area contributed by atoms with Gasteiger partial charge in [0.1, 0.15) is 12.4 Å². The molecule has 0 unspecified atom stereocenters. The van der Waals surface area contributed by atoms with Gasteiger partial charge in [0.05, 0.1) is 16.2 Å². The van der Waals surface area contributed by atoms with Gasteiger partial charge in [0.15, 0.2) is 5.17 Å². The molecule has 1 saturated heterocycles. The van der Waals surface area contributed by atoms with Gasteiger partial charge in [-0.25, -0.2) is 9.79 Å². The molecule has 1 N–H and O–H groups in total. The molecular weight excluding hydrogens is 516 g/mol. The summed E-state index contributed by atoms with van der Waals surface area (Å²) in [6.45, 7) is 2.45. The normalized spacial score (nSPS) is 15.9. The van der Waals surface area contributed by atoms with E-state index < -0.39 is 5.97 Å². The third-order valence-corrected chi connectivity index (χ3v) is 6.65. The van der Waals surface area contributed by atoms with E-state index in [2.05, 4.69) is 20.9 Å². The summed E-state index contributed by atoms with van der Waals surface area (Å²) in [5.74, 6) is -0.562. The smallest absolute Gasteiger partial charge is 0.335 e. The van der Waals surface area contributed by atoms with Crippen molar-refractivity contribution < 1.29 is 19.4 Å². The Labute approximate surface area is 210 Å². The molecule has 34 heavy (non-hydrogen) atoms. The number of aromatic carboxylic acids is 1. The Morgan fingerprint density at radius 1 is 1.15 bits per heavy atom. The molecule has 0 aromatic heterocycles. The number of carboxylic acid groups (broad SMARTS) is 1. The van der Waals surface area contributed by atoms with Crippen LogP contribution in [0.25, 0.3) is 6.08 Å². The first-order chi connectivity index (χ1) is 16.3. The van der Waals surface area contributed by atoms with Crippen molar-refractivity contribution in [2.45, 2.75) is 13.5 Å². The van der Waals surface area contributed by atoms with Crippen molar-refractivity contribution in [3.05, 3.63) is 98.4 Å². The molecule has 1 aliphatic heterocycles. The minimum atomic E-state index is -1.03. The van der Waals surface area contributed by atoms with Crippen molar-refractivity contribution in [2.75, 3.05) is 7.05 Å². The number of aliphatic imine (C=N–C) groups is 1. The van der Waals surface area contributed by atoms with E-state index in [1.54, 1.807) is 25.3 Å². The predicted octanol–water partition coefficient (Wildman–Crippen LogP) is 6.27. The Morgan fingerprint density at radius 2 is 1.91 bits per heavy atom. The second kappa shape index (κ2) is 10.3. The number of amidine groups is 1. The van der Waals surface area contributed by atoms with Gasteiger partial charge < -0.3 is 9.84 Å². The zero-order chi connectivity index (χ0) is 24.2. The van der Waals surface area contributed by atoms with Gasteiger partial charge in [-0.15, -0.1) is 0 Å². The number of carboxylic acids is 1. The van der Waals surface area contributed by atoms with Crippen LogP contribution in [0.15, 0.2) is 81.1 Å². The average Bonchev–Trinajstić information content (AvgIpc) is 3.07. The number of amides is 1. The molecule has 4 rings (SSSR count). The van der Waals surface area contributed by atoms with Crippen LogP contribution in [0.4, 0.5) is 5.69 Å². The van der Waals surface area contributed by atoms with Crippen LogP contribution in [0.2, 0.25) is 0 Å². The summed E-state index contributed by atoms with van der Waals surface area (Å²) in [5, 5.41) is 9.67. The predicted molar refractivity (Wildman–Crippen MR) is 138 cm³/mol. The van der Waals surface area contributed by atoms with Crippen LogP contribution in [-0.4, -0.2) is 34.1 Å². The van der Waals surface area contributed by atoms with Gasteiger partial charge >= 0.3 is 5.97 Å². The standard InChI is InChI=1S/C26H21BrN2O4S/c1-16-6-8-17(9-7-16)15-33-22-11-10-20(27)12-19(22)14-23-24(30)29(2)26(34-23)28-21-5-3-4-18(13-21)25(31)32/h3-14H,15H2,1-2H3,(H,31,32)/b23-14-,28-26?. The Hall–Kier alpha value is -3.36. The van der Waals surface area contributed by atoms with Crippen LogP contribution >= 0.6 is 27.7 Å². The molecule has 0 aliphatic carbocycles. The van der Waals surface area contributed by atoms with Crippen molar-refractivity contribution in [3.63, 3.8) is 0 Å². The number of likely N-dealkylation sites (N-methyl/N-ethyl adjacent to an activating group) is 1. The molecule has 0 saturated carbocycles. The number of thioether (sulfide) groups is 1. The summed E-state index contributed by atoms with van der Waals surface area (Å²) in [4.78, 5) is 30.6. The lowest BCUT2D eigenvalue weighted by molar-refractivity contribution is -0.121. The highest BCUT2D eigenvalue weighted by Gasteiger charge is 2.30. The summed E-state index contributed by atoms with van der Waals surface area (Å²) in [7, 11) is 1.64. The quantitative estimate of drug-likeness (QED) is 0.375. The van der Waals surface area contributed by atoms with Gasteiger partial charge in [-0.2, -0.15) is 0 Å². The molecule has 1 amide bonds. The van der Waals surface area contributed by atoms with Crippen molar-refractivity contribution >= 4 is 56.5 Å². The highest BCUT2D eigenvalue weighted by atomic mass is 79.9. The molecule has 0 atom stereocenters. The van der Waals surface area contributed by atoms with Crippen molar-refractivity contribution in [3.8, 4) is 5.75 Å². The van der Waals surface area contributed by atoms with Crippen LogP contribution in [0.5, 0.6) is 5.75 Å². The first-order valence-electron chi connectivity index (χ1n) is 10.4. The minimum absolute atomic E-state index is 0.138. The number of benzene rings is 3. The molecule has 3 aromatic carbocycles. The zero-order valence-corrected chi connectivity index (χ0v) is 20.9. The average molecular weight is 537 g/mol. The van der Waals surface area contributed by atoms with Crippen LogP contribution in [0.3, 0.4) is 0 Å². The topological polar surface area (TPSA) is 79.2 Å². The van der Waals surface area contributed by atoms with Gasteiger partial charge in [-0.3, -0.25) is 9.69 Å². The van der Waals surface area contributed by atoms with Gasteiger partial charge in [0, 0.05) is 17.1 Å². The number of hydrogen-bond acceptors (Lipinski definition) is 5. The summed E-state index contributed by atoms with van der Waals surface area (Å²) >= 11 is 4.72. The summed E-state index contributed by atoms with van der Waals surface area (Å²) in [5.41, 5.74) is 3.61. The fraction of sp³-hybridized carbons (Fsp3) is 0.115. The monoisotopic (exact) mass is 536 g/mol. The summed E-state index contributed by atoms with van der Waals surface area (Å²) in [6, 6.07) is 20.1. The molecule has 0 bridgehead atoms. The molecular formula is C26H21BrN2O4S. The van der Waals surface area contributed by atoms with E-state index in [0.717, 1.165) is 15.6 Å². The van der Waals surface area contributed by atoms with E-state index in [-0.39, 0.29) is 11.5 Å². The van der Waals surface area contributed by atoms with Crippen molar-refractivity contribution in [2.24, 2.45) is 4.99 Å². The maximum absolute atomic E-state index is 12.9. The molecule has 0 spiro atoms. The summed E-state index contributed by atoms with van der Waals surface area (Å²) in [6.07, 6.45) is 1.79. The molecule has 6 nitrogen and oxygen atoms in total. The Bertz CT molecular complexity index is 1320. The van der Waals surface area contributed by atoms with Crippen molar-refractivity contribution in [1.82, 2.24) is 4.90 Å². The Kier molecular flexibility index (Phi) is 7.19. The van der Waals surface area contributed by atoms with E-state index in [0.29, 0.717) is 28.1 Å². The number of hydrogen-bond donors (Lipinski definition) is 1. The largest absolute Gasteiger partial charge is 0.488 e. The fourth-order valence-electron chi connectivity index (χ4n) is 3.22. The van der Waals surface area contributed by atoms with E-state index >= 15 is 0 Å². The maximum atomic E-state index is 12.9. The van der Waals surface area contributed by atoms with Gasteiger partial charge in [-0.05, 0) is 66.7 Å². The van der Waals surface area contributed by atoms with E-state index in [1.165, 1.54) is 34.4 Å².